The van der Waals surface area contributed by atoms with Crippen molar-refractivity contribution in [1.82, 2.24) is 20.3 Å². The van der Waals surface area contributed by atoms with E-state index in [1.165, 1.54) is 6.07 Å². The summed E-state index contributed by atoms with van der Waals surface area (Å²) in [4.78, 5) is 14.7. The molecule has 0 radical (unpaired) electrons. The lowest BCUT2D eigenvalue weighted by Gasteiger charge is -2.34. The Balaban J connectivity index is 1.54. The van der Waals surface area contributed by atoms with Gasteiger partial charge in [-0.25, -0.2) is 4.39 Å². The number of aromatic nitrogens is 3. The average Bonchev–Trinajstić information content (AvgIpc) is 3.11. The molecule has 31 heavy (non-hydrogen) atoms. The largest absolute Gasteiger partial charge is 0.508 e. The van der Waals surface area contributed by atoms with Gasteiger partial charge in [-0.3, -0.25) is 4.98 Å². The first kappa shape index (κ1) is 18.3. The van der Waals surface area contributed by atoms with E-state index in [1.807, 2.05) is 24.3 Å². The highest BCUT2D eigenvalue weighted by Gasteiger charge is 2.34. The molecule has 4 heterocycles. The van der Waals surface area contributed by atoms with Crippen molar-refractivity contribution in [2.24, 2.45) is 0 Å². The Bertz CT molecular complexity index is 1330. The van der Waals surface area contributed by atoms with Crippen LogP contribution in [0, 0.1) is 5.82 Å². The zero-order chi connectivity index (χ0) is 21.1. The Hall–Kier alpha value is -3.52. The quantitative estimate of drug-likeness (QED) is 0.461. The summed E-state index contributed by atoms with van der Waals surface area (Å²) >= 11 is 0. The maximum Gasteiger partial charge on any atom is 0.316 e. The van der Waals surface area contributed by atoms with Gasteiger partial charge >= 0.3 is 6.01 Å². The minimum absolute atomic E-state index is 0.0193. The fourth-order valence-electron chi connectivity index (χ4n) is 4.92. The number of halogens is 1. The number of fused-ring (bicyclic) bond motifs is 4. The highest BCUT2D eigenvalue weighted by molar-refractivity contribution is 5.99. The molecule has 0 spiro atoms. The lowest BCUT2D eigenvalue weighted by atomic mass is 10.0. The summed E-state index contributed by atoms with van der Waals surface area (Å²) in [5.74, 6) is -0.123. The molecule has 0 saturated carbocycles. The standard InChI is InChI=1S/C23H20FN5O2/c24-19-20(17-8-15(30)7-12-3-1-2-4-16(12)17)25-9-18-21(19)27-23(31)28-22(18)29-10-13-5-6-14(11-29)26-13/h1-4,7-9,13-14,26,30H,5-6,10-11H2,(H,27,28,31). The summed E-state index contributed by atoms with van der Waals surface area (Å²) in [6, 6.07) is 10.8. The Kier molecular flexibility index (Phi) is 3.97. The fourth-order valence-corrected chi connectivity index (χ4v) is 4.92. The van der Waals surface area contributed by atoms with Crippen molar-refractivity contribution in [2.75, 3.05) is 18.0 Å². The number of phenols is 1. The van der Waals surface area contributed by atoms with Gasteiger partial charge in [0, 0.05) is 36.9 Å². The van der Waals surface area contributed by atoms with E-state index in [0.717, 1.165) is 36.7 Å². The third-order valence-corrected chi connectivity index (χ3v) is 6.27. The van der Waals surface area contributed by atoms with Gasteiger partial charge in [0.25, 0.3) is 0 Å². The number of piperazine rings is 1. The van der Waals surface area contributed by atoms with E-state index in [9.17, 15) is 10.2 Å². The van der Waals surface area contributed by atoms with Crippen LogP contribution in [0.1, 0.15) is 12.8 Å². The second-order valence-electron chi connectivity index (χ2n) is 8.29. The van der Waals surface area contributed by atoms with Gasteiger partial charge in [0.05, 0.1) is 5.39 Å². The molecule has 2 aliphatic rings. The van der Waals surface area contributed by atoms with Crippen molar-refractivity contribution >= 4 is 27.5 Å². The van der Waals surface area contributed by atoms with Gasteiger partial charge in [0.2, 0.25) is 0 Å². The number of benzene rings is 2. The number of hydrogen-bond donors (Lipinski definition) is 3. The molecular weight excluding hydrogens is 397 g/mol. The number of nitrogens with one attached hydrogen (secondary N) is 1. The lowest BCUT2D eigenvalue weighted by molar-refractivity contribution is 0.427. The maximum atomic E-state index is 15.7. The van der Waals surface area contributed by atoms with E-state index in [4.69, 9.17) is 0 Å². The number of hydrogen-bond acceptors (Lipinski definition) is 7. The summed E-state index contributed by atoms with van der Waals surface area (Å²) in [6.07, 6.45) is 3.75. The molecule has 2 bridgehead atoms. The second-order valence-corrected chi connectivity index (χ2v) is 8.29. The molecule has 2 aromatic carbocycles. The van der Waals surface area contributed by atoms with Crippen LogP contribution < -0.4 is 10.2 Å². The average molecular weight is 417 g/mol. The minimum Gasteiger partial charge on any atom is -0.508 e. The second kappa shape index (κ2) is 6.75. The van der Waals surface area contributed by atoms with E-state index >= 15 is 4.39 Å². The summed E-state index contributed by atoms with van der Waals surface area (Å²) in [5, 5.41) is 25.9. The molecule has 2 atom stereocenters. The monoisotopic (exact) mass is 417 g/mol. The van der Waals surface area contributed by atoms with Crippen LogP contribution in [0.5, 0.6) is 11.8 Å². The number of phenolic OH excluding ortho intramolecular Hbond substituents is 1. The number of rotatable bonds is 2. The Labute approximate surface area is 177 Å². The zero-order valence-electron chi connectivity index (χ0n) is 16.6. The molecule has 8 heteroatoms. The van der Waals surface area contributed by atoms with Crippen LogP contribution in [0.3, 0.4) is 0 Å². The molecule has 3 N–H and O–H groups in total. The van der Waals surface area contributed by atoms with Gasteiger partial charge in [-0.05, 0) is 35.7 Å². The van der Waals surface area contributed by atoms with Crippen LogP contribution in [0.15, 0.2) is 42.6 Å². The van der Waals surface area contributed by atoms with Crippen molar-refractivity contribution in [3.63, 3.8) is 0 Å². The first-order chi connectivity index (χ1) is 15.1. The van der Waals surface area contributed by atoms with Crippen LogP contribution in [-0.2, 0) is 0 Å². The fraction of sp³-hybridized carbons (Fsp3) is 0.261. The van der Waals surface area contributed by atoms with E-state index in [-0.39, 0.29) is 17.0 Å². The van der Waals surface area contributed by atoms with Gasteiger partial charge < -0.3 is 20.4 Å². The normalized spacial score (nSPS) is 20.6. The summed E-state index contributed by atoms with van der Waals surface area (Å²) in [6.45, 7) is 1.48. The van der Waals surface area contributed by atoms with Crippen LogP contribution in [0.2, 0.25) is 0 Å². The van der Waals surface area contributed by atoms with Gasteiger partial charge in [0.1, 0.15) is 22.8 Å². The molecule has 156 valence electrons. The van der Waals surface area contributed by atoms with Crippen molar-refractivity contribution < 1.29 is 14.6 Å². The Morgan fingerprint density at radius 1 is 1.00 bits per heavy atom. The minimum atomic E-state index is -0.648. The number of anilines is 1. The van der Waals surface area contributed by atoms with Gasteiger partial charge in [-0.1, -0.05) is 24.3 Å². The van der Waals surface area contributed by atoms with E-state index in [2.05, 4.69) is 25.2 Å². The molecular formula is C23H20FN5O2. The molecule has 2 fully saturated rings. The molecule has 0 aliphatic carbocycles. The Morgan fingerprint density at radius 2 is 1.77 bits per heavy atom. The maximum absolute atomic E-state index is 15.7. The number of nitrogens with zero attached hydrogens (tertiary/aromatic N) is 4. The third-order valence-electron chi connectivity index (χ3n) is 6.27. The van der Waals surface area contributed by atoms with Crippen LogP contribution >= 0.6 is 0 Å². The molecule has 2 saturated heterocycles. The van der Waals surface area contributed by atoms with Crippen LogP contribution in [-0.4, -0.2) is 50.3 Å². The summed E-state index contributed by atoms with van der Waals surface area (Å²) in [7, 11) is 0. The number of aromatic hydroxyl groups is 2. The van der Waals surface area contributed by atoms with Gasteiger partial charge in [-0.15, -0.1) is 0 Å². The SMILES string of the molecule is Oc1cc(-c2ncc3c(N4CC5CCC(C4)N5)nc(O)nc3c2F)c2ccccc2c1. The summed E-state index contributed by atoms with van der Waals surface area (Å²) in [5.41, 5.74) is 0.560. The highest BCUT2D eigenvalue weighted by Crippen LogP contribution is 2.37. The molecule has 4 aromatic rings. The molecule has 2 aromatic heterocycles. The highest BCUT2D eigenvalue weighted by atomic mass is 19.1. The predicted octanol–water partition coefficient (Wildman–Crippen LogP) is 3.34. The predicted molar refractivity (Wildman–Crippen MR) is 116 cm³/mol. The van der Waals surface area contributed by atoms with Crippen LogP contribution in [0.4, 0.5) is 10.2 Å². The smallest absolute Gasteiger partial charge is 0.316 e. The first-order valence-corrected chi connectivity index (χ1v) is 10.3. The molecule has 0 amide bonds. The number of pyridine rings is 1. The van der Waals surface area contributed by atoms with Crippen molar-refractivity contribution in [1.29, 1.82) is 0 Å². The lowest BCUT2D eigenvalue weighted by Crippen LogP contribution is -2.51. The molecule has 2 unspecified atom stereocenters. The summed E-state index contributed by atoms with van der Waals surface area (Å²) < 4.78 is 15.7. The topological polar surface area (TPSA) is 94.4 Å². The van der Waals surface area contributed by atoms with E-state index in [1.54, 1.807) is 12.3 Å². The van der Waals surface area contributed by atoms with Crippen molar-refractivity contribution in [3.05, 3.63) is 48.4 Å². The van der Waals surface area contributed by atoms with Crippen LogP contribution in [0.25, 0.3) is 32.9 Å². The zero-order valence-corrected chi connectivity index (χ0v) is 16.6. The first-order valence-electron chi connectivity index (χ1n) is 10.3. The van der Waals surface area contributed by atoms with E-state index in [0.29, 0.717) is 28.9 Å². The van der Waals surface area contributed by atoms with E-state index < -0.39 is 11.8 Å². The molecule has 6 rings (SSSR count). The van der Waals surface area contributed by atoms with Crippen molar-refractivity contribution in [2.45, 2.75) is 24.9 Å². The Morgan fingerprint density at radius 3 is 2.58 bits per heavy atom. The molecule has 7 nitrogen and oxygen atoms in total. The van der Waals surface area contributed by atoms with Gasteiger partial charge in [-0.2, -0.15) is 9.97 Å². The third kappa shape index (κ3) is 2.94. The van der Waals surface area contributed by atoms with Crippen molar-refractivity contribution in [3.8, 4) is 23.0 Å². The molecule has 2 aliphatic heterocycles. The van der Waals surface area contributed by atoms with Gasteiger partial charge in [0.15, 0.2) is 5.82 Å².